The minimum atomic E-state index is -0.934. The van der Waals surface area contributed by atoms with Crippen molar-refractivity contribution in [2.24, 2.45) is 0 Å². The highest BCUT2D eigenvalue weighted by Gasteiger charge is 2.18. The standard InChI is InChI=1S/C12H13BrN2O2/c1-3-4-9-11(12(16)17)15-6-8(13)7(2)5-10(15)14-9/h5-6H,3-4H2,1-2H3,(H,16,17). The van der Waals surface area contributed by atoms with E-state index in [1.807, 2.05) is 19.9 Å². The minimum Gasteiger partial charge on any atom is -0.477 e. The summed E-state index contributed by atoms with van der Waals surface area (Å²) in [7, 11) is 0. The molecule has 0 amide bonds. The number of fused-ring (bicyclic) bond motifs is 1. The number of carboxylic acids is 1. The summed E-state index contributed by atoms with van der Waals surface area (Å²) in [5, 5.41) is 9.26. The van der Waals surface area contributed by atoms with Crippen molar-refractivity contribution in [3.05, 3.63) is 33.7 Å². The number of aromatic carboxylic acids is 1. The molecular weight excluding hydrogens is 284 g/mol. The van der Waals surface area contributed by atoms with Gasteiger partial charge in [-0.1, -0.05) is 13.3 Å². The van der Waals surface area contributed by atoms with E-state index in [9.17, 15) is 9.90 Å². The van der Waals surface area contributed by atoms with Crippen molar-refractivity contribution in [2.75, 3.05) is 0 Å². The summed E-state index contributed by atoms with van der Waals surface area (Å²) in [4.78, 5) is 15.7. The lowest BCUT2D eigenvalue weighted by Crippen LogP contribution is -2.05. The number of carboxylic acid groups (broad SMARTS) is 1. The zero-order valence-electron chi connectivity index (χ0n) is 9.70. The zero-order valence-corrected chi connectivity index (χ0v) is 11.3. The molecule has 4 nitrogen and oxygen atoms in total. The maximum atomic E-state index is 11.3. The summed E-state index contributed by atoms with van der Waals surface area (Å²) in [5.74, 6) is -0.934. The van der Waals surface area contributed by atoms with Gasteiger partial charge in [0.15, 0.2) is 5.69 Å². The van der Waals surface area contributed by atoms with Crippen LogP contribution in [0.4, 0.5) is 0 Å². The minimum absolute atomic E-state index is 0.266. The van der Waals surface area contributed by atoms with E-state index in [-0.39, 0.29) is 5.69 Å². The van der Waals surface area contributed by atoms with Crippen LogP contribution in [0.15, 0.2) is 16.7 Å². The van der Waals surface area contributed by atoms with Gasteiger partial charge in [0.25, 0.3) is 0 Å². The first kappa shape index (κ1) is 12.1. The van der Waals surface area contributed by atoms with Gasteiger partial charge in [0, 0.05) is 10.7 Å². The molecule has 2 heterocycles. The summed E-state index contributed by atoms with van der Waals surface area (Å²) in [5.41, 5.74) is 2.65. The van der Waals surface area contributed by atoms with Crippen molar-refractivity contribution in [2.45, 2.75) is 26.7 Å². The zero-order chi connectivity index (χ0) is 12.6. The molecule has 0 atom stereocenters. The Bertz CT molecular complexity index is 590. The number of halogens is 1. The van der Waals surface area contributed by atoms with Gasteiger partial charge in [-0.05, 0) is 40.9 Å². The number of hydrogen-bond donors (Lipinski definition) is 1. The van der Waals surface area contributed by atoms with E-state index >= 15 is 0 Å². The molecule has 0 saturated carbocycles. The van der Waals surface area contributed by atoms with Crippen LogP contribution in [-0.2, 0) is 6.42 Å². The van der Waals surface area contributed by atoms with E-state index in [1.165, 1.54) is 0 Å². The third-order valence-electron chi connectivity index (χ3n) is 2.66. The fourth-order valence-corrected chi connectivity index (χ4v) is 2.17. The lowest BCUT2D eigenvalue weighted by Gasteiger charge is -2.01. The van der Waals surface area contributed by atoms with Gasteiger partial charge in [0.2, 0.25) is 0 Å². The first-order valence-corrected chi connectivity index (χ1v) is 6.24. The van der Waals surface area contributed by atoms with E-state index in [0.717, 1.165) is 16.5 Å². The molecule has 0 aliphatic rings. The van der Waals surface area contributed by atoms with Gasteiger partial charge in [-0.2, -0.15) is 0 Å². The number of pyridine rings is 1. The fourth-order valence-electron chi connectivity index (χ4n) is 1.85. The first-order valence-electron chi connectivity index (χ1n) is 5.45. The quantitative estimate of drug-likeness (QED) is 0.947. The van der Waals surface area contributed by atoms with Gasteiger partial charge in [0.1, 0.15) is 5.65 Å². The molecular formula is C12H13BrN2O2. The van der Waals surface area contributed by atoms with E-state index in [0.29, 0.717) is 17.8 Å². The highest BCUT2D eigenvalue weighted by atomic mass is 79.9. The van der Waals surface area contributed by atoms with Crippen LogP contribution in [-0.4, -0.2) is 20.5 Å². The van der Waals surface area contributed by atoms with Crippen LogP contribution in [0.5, 0.6) is 0 Å². The topological polar surface area (TPSA) is 54.6 Å². The maximum absolute atomic E-state index is 11.3. The smallest absolute Gasteiger partial charge is 0.354 e. The van der Waals surface area contributed by atoms with Crippen LogP contribution in [0, 0.1) is 6.92 Å². The Hall–Kier alpha value is -1.36. The Kier molecular flexibility index (Phi) is 3.19. The summed E-state index contributed by atoms with van der Waals surface area (Å²) in [6.07, 6.45) is 3.32. The molecule has 90 valence electrons. The van der Waals surface area contributed by atoms with Gasteiger partial charge >= 0.3 is 5.97 Å². The van der Waals surface area contributed by atoms with Crippen molar-refractivity contribution >= 4 is 27.5 Å². The maximum Gasteiger partial charge on any atom is 0.354 e. The average molecular weight is 297 g/mol. The van der Waals surface area contributed by atoms with Crippen LogP contribution in [0.3, 0.4) is 0 Å². The summed E-state index contributed by atoms with van der Waals surface area (Å²) in [6.45, 7) is 3.97. The lowest BCUT2D eigenvalue weighted by molar-refractivity contribution is 0.0688. The molecule has 0 bridgehead atoms. The van der Waals surface area contributed by atoms with Crippen LogP contribution >= 0.6 is 15.9 Å². The summed E-state index contributed by atoms with van der Waals surface area (Å²) < 4.78 is 2.51. The van der Waals surface area contributed by atoms with Crippen molar-refractivity contribution in [3.63, 3.8) is 0 Å². The molecule has 17 heavy (non-hydrogen) atoms. The predicted molar refractivity (Wildman–Crippen MR) is 68.6 cm³/mol. The van der Waals surface area contributed by atoms with Crippen LogP contribution in [0.2, 0.25) is 0 Å². The molecule has 5 heteroatoms. The molecule has 0 aliphatic heterocycles. The molecule has 0 aliphatic carbocycles. The van der Waals surface area contributed by atoms with E-state index < -0.39 is 5.97 Å². The number of nitrogens with zero attached hydrogens (tertiary/aromatic N) is 2. The average Bonchev–Trinajstić information content (AvgIpc) is 2.57. The van der Waals surface area contributed by atoms with Crippen LogP contribution in [0.1, 0.15) is 35.1 Å². The first-order chi connectivity index (χ1) is 8.04. The summed E-state index contributed by atoms with van der Waals surface area (Å²) >= 11 is 3.41. The molecule has 0 saturated heterocycles. The molecule has 0 fully saturated rings. The van der Waals surface area contributed by atoms with E-state index in [2.05, 4.69) is 20.9 Å². The highest BCUT2D eigenvalue weighted by molar-refractivity contribution is 9.10. The second-order valence-electron chi connectivity index (χ2n) is 3.99. The second-order valence-corrected chi connectivity index (χ2v) is 4.85. The number of carbonyl (C=O) groups is 1. The summed E-state index contributed by atoms with van der Waals surface area (Å²) in [6, 6.07) is 1.88. The Morgan fingerprint density at radius 1 is 1.59 bits per heavy atom. The van der Waals surface area contributed by atoms with Gasteiger partial charge < -0.3 is 5.11 Å². The number of aromatic nitrogens is 2. The van der Waals surface area contributed by atoms with Crippen molar-refractivity contribution in [3.8, 4) is 0 Å². The third kappa shape index (κ3) is 2.07. The molecule has 1 N–H and O–H groups in total. The Morgan fingerprint density at radius 3 is 2.88 bits per heavy atom. The monoisotopic (exact) mass is 296 g/mol. The van der Waals surface area contributed by atoms with Gasteiger partial charge in [-0.3, -0.25) is 4.40 Å². The molecule has 2 aromatic rings. The number of imidazole rings is 1. The SMILES string of the molecule is CCCc1nc2cc(C)c(Br)cn2c1C(=O)O. The van der Waals surface area contributed by atoms with Crippen LogP contribution in [0.25, 0.3) is 5.65 Å². The Labute approximate surface area is 107 Å². The normalized spacial score (nSPS) is 11.0. The number of hydrogen-bond acceptors (Lipinski definition) is 2. The van der Waals surface area contributed by atoms with Gasteiger partial charge in [-0.25, -0.2) is 9.78 Å². The van der Waals surface area contributed by atoms with Gasteiger partial charge in [0.05, 0.1) is 5.69 Å². The lowest BCUT2D eigenvalue weighted by atomic mass is 10.2. The largest absolute Gasteiger partial charge is 0.477 e. The van der Waals surface area contributed by atoms with Crippen molar-refractivity contribution < 1.29 is 9.90 Å². The second kappa shape index (κ2) is 4.49. The number of aryl methyl sites for hydroxylation is 2. The fraction of sp³-hybridized carbons (Fsp3) is 0.333. The Balaban J connectivity index is 2.75. The van der Waals surface area contributed by atoms with E-state index in [4.69, 9.17) is 0 Å². The Morgan fingerprint density at radius 2 is 2.29 bits per heavy atom. The highest BCUT2D eigenvalue weighted by Crippen LogP contribution is 2.21. The molecule has 2 rings (SSSR count). The molecule has 0 aromatic carbocycles. The molecule has 2 aromatic heterocycles. The van der Waals surface area contributed by atoms with Gasteiger partial charge in [-0.15, -0.1) is 0 Å². The predicted octanol–water partition coefficient (Wildman–Crippen LogP) is 3.06. The van der Waals surface area contributed by atoms with Crippen molar-refractivity contribution in [1.82, 2.24) is 9.38 Å². The number of rotatable bonds is 3. The molecule has 0 radical (unpaired) electrons. The molecule has 0 spiro atoms. The van der Waals surface area contributed by atoms with Crippen LogP contribution < -0.4 is 0 Å². The van der Waals surface area contributed by atoms with E-state index in [1.54, 1.807) is 10.6 Å². The third-order valence-corrected chi connectivity index (χ3v) is 3.49. The van der Waals surface area contributed by atoms with Crippen molar-refractivity contribution in [1.29, 1.82) is 0 Å². The molecule has 0 unspecified atom stereocenters.